The Bertz CT molecular complexity index is 947. The predicted molar refractivity (Wildman–Crippen MR) is 112 cm³/mol. The largest absolute Gasteiger partial charge is 0.508 e. The molecule has 0 spiro atoms. The summed E-state index contributed by atoms with van der Waals surface area (Å²) in [6.45, 7) is 1.44. The van der Waals surface area contributed by atoms with Crippen LogP contribution in [0.2, 0.25) is 0 Å². The van der Waals surface area contributed by atoms with E-state index in [2.05, 4.69) is 10.6 Å². The number of phenolic OH excluding ortho intramolecular Hbond substituents is 3. The highest BCUT2D eigenvalue weighted by atomic mass is 16.3. The zero-order valence-electron chi connectivity index (χ0n) is 16.9. The van der Waals surface area contributed by atoms with Crippen LogP contribution in [0.15, 0.2) is 42.5 Å². The predicted octanol–water partition coefficient (Wildman–Crippen LogP) is -0.609. The molecule has 0 aromatic heterocycles. The number of hydrogen-bond acceptors (Lipinski definition) is 7. The number of amides is 3. The molecule has 0 fully saturated rings. The van der Waals surface area contributed by atoms with Crippen LogP contribution in [0, 0.1) is 0 Å². The van der Waals surface area contributed by atoms with Gasteiger partial charge in [0.1, 0.15) is 17.8 Å². The van der Waals surface area contributed by atoms with Crippen LogP contribution >= 0.6 is 0 Å². The number of hydrogen-bond donors (Lipinski definition) is 7. The van der Waals surface area contributed by atoms with Gasteiger partial charge in [0.05, 0.1) is 6.04 Å². The highest BCUT2D eigenvalue weighted by molar-refractivity contribution is 5.92. The van der Waals surface area contributed by atoms with Crippen molar-refractivity contribution >= 4 is 17.7 Å². The number of nitrogens with one attached hydrogen (secondary N) is 2. The van der Waals surface area contributed by atoms with E-state index in [0.29, 0.717) is 5.56 Å². The van der Waals surface area contributed by atoms with Crippen molar-refractivity contribution in [3.8, 4) is 17.2 Å². The Labute approximate surface area is 178 Å². The normalized spacial score (nSPS) is 13.6. The quantitative estimate of drug-likeness (QED) is 0.258. The van der Waals surface area contributed by atoms with Crippen LogP contribution in [-0.2, 0) is 27.2 Å². The molecular formula is C21H26N4O6. The first-order chi connectivity index (χ1) is 14.6. The Balaban J connectivity index is 1.93. The van der Waals surface area contributed by atoms with Gasteiger partial charge in [-0.1, -0.05) is 18.2 Å². The molecule has 10 nitrogen and oxygen atoms in total. The van der Waals surface area contributed by atoms with Crippen LogP contribution in [-0.4, -0.2) is 51.2 Å². The molecule has 0 aliphatic rings. The summed E-state index contributed by atoms with van der Waals surface area (Å²) >= 11 is 0. The van der Waals surface area contributed by atoms with E-state index in [1.54, 1.807) is 12.1 Å². The van der Waals surface area contributed by atoms with Gasteiger partial charge in [0, 0.05) is 6.42 Å². The van der Waals surface area contributed by atoms with Gasteiger partial charge in [-0.25, -0.2) is 0 Å². The van der Waals surface area contributed by atoms with Gasteiger partial charge in [0.15, 0.2) is 11.5 Å². The summed E-state index contributed by atoms with van der Waals surface area (Å²) in [4.78, 5) is 36.5. The lowest BCUT2D eigenvalue weighted by atomic mass is 10.0. The Morgan fingerprint density at radius 1 is 0.871 bits per heavy atom. The number of aromatic hydroxyl groups is 3. The first-order valence-electron chi connectivity index (χ1n) is 9.51. The minimum absolute atomic E-state index is 0.0179. The van der Waals surface area contributed by atoms with E-state index >= 15 is 0 Å². The topological polar surface area (TPSA) is 188 Å². The van der Waals surface area contributed by atoms with E-state index in [-0.39, 0.29) is 30.1 Å². The highest BCUT2D eigenvalue weighted by Crippen LogP contribution is 2.25. The van der Waals surface area contributed by atoms with E-state index in [4.69, 9.17) is 11.5 Å². The summed E-state index contributed by atoms with van der Waals surface area (Å²) in [5, 5.41) is 33.2. The van der Waals surface area contributed by atoms with Crippen molar-refractivity contribution in [1.29, 1.82) is 0 Å². The van der Waals surface area contributed by atoms with Crippen molar-refractivity contribution in [2.75, 3.05) is 0 Å². The minimum atomic E-state index is -1.10. The van der Waals surface area contributed by atoms with Gasteiger partial charge in [-0.15, -0.1) is 0 Å². The lowest BCUT2D eigenvalue weighted by Gasteiger charge is -2.21. The Kier molecular flexibility index (Phi) is 7.81. The Morgan fingerprint density at radius 2 is 1.48 bits per heavy atom. The number of primary amides is 1. The summed E-state index contributed by atoms with van der Waals surface area (Å²) in [5.74, 6) is -2.59. The van der Waals surface area contributed by atoms with Gasteiger partial charge in [-0.3, -0.25) is 14.4 Å². The molecular weight excluding hydrogens is 404 g/mol. The molecule has 2 rings (SSSR count). The molecule has 0 bridgehead atoms. The van der Waals surface area contributed by atoms with Gasteiger partial charge in [0.2, 0.25) is 17.7 Å². The summed E-state index contributed by atoms with van der Waals surface area (Å²) in [5.41, 5.74) is 12.4. The molecule has 0 saturated heterocycles. The fourth-order valence-electron chi connectivity index (χ4n) is 2.82. The molecule has 31 heavy (non-hydrogen) atoms. The summed E-state index contributed by atoms with van der Waals surface area (Å²) < 4.78 is 0. The van der Waals surface area contributed by atoms with Gasteiger partial charge in [-0.05, 0) is 48.7 Å². The summed E-state index contributed by atoms with van der Waals surface area (Å²) in [7, 11) is 0. The third-order valence-corrected chi connectivity index (χ3v) is 4.62. The third kappa shape index (κ3) is 6.89. The maximum Gasteiger partial charge on any atom is 0.242 e. The fraction of sp³-hybridized carbons (Fsp3) is 0.286. The number of carbonyl (C=O) groups is 3. The fourth-order valence-corrected chi connectivity index (χ4v) is 2.82. The highest BCUT2D eigenvalue weighted by Gasteiger charge is 2.25. The van der Waals surface area contributed by atoms with Crippen molar-refractivity contribution < 1.29 is 29.7 Å². The standard InChI is InChI=1S/C21H26N4O6/c1-11(24-21(31)15(22)8-12-2-5-14(26)6-3-12)20(30)25-16(19(23)29)9-13-4-7-17(27)18(28)10-13/h2-7,10-11,15-16,26-28H,8-9,22H2,1H3,(H2,23,29)(H,24,31)(H,25,30)/t11-,15?,16?/m1/s1. The second-order valence-corrected chi connectivity index (χ2v) is 7.20. The molecule has 2 unspecified atom stereocenters. The van der Waals surface area contributed by atoms with Crippen LogP contribution in [0.5, 0.6) is 17.2 Å². The van der Waals surface area contributed by atoms with E-state index in [1.807, 2.05) is 0 Å². The van der Waals surface area contributed by atoms with E-state index in [1.165, 1.54) is 37.3 Å². The van der Waals surface area contributed by atoms with E-state index in [0.717, 1.165) is 5.56 Å². The van der Waals surface area contributed by atoms with Gasteiger partial charge < -0.3 is 37.4 Å². The van der Waals surface area contributed by atoms with Crippen molar-refractivity contribution in [3.63, 3.8) is 0 Å². The van der Waals surface area contributed by atoms with Crippen LogP contribution in [0.3, 0.4) is 0 Å². The van der Waals surface area contributed by atoms with Gasteiger partial charge in [0.25, 0.3) is 0 Å². The second-order valence-electron chi connectivity index (χ2n) is 7.20. The molecule has 3 amide bonds. The summed E-state index contributed by atoms with van der Waals surface area (Å²) in [6.07, 6.45) is 0.185. The first kappa shape index (κ1) is 23.5. The molecule has 0 radical (unpaired) electrons. The van der Waals surface area contributed by atoms with E-state index < -0.39 is 35.8 Å². The Hall–Kier alpha value is -3.79. The molecule has 2 aromatic rings. The lowest BCUT2D eigenvalue weighted by molar-refractivity contribution is -0.131. The lowest BCUT2D eigenvalue weighted by Crippen LogP contribution is -2.55. The Morgan fingerprint density at radius 3 is 2.06 bits per heavy atom. The van der Waals surface area contributed by atoms with Crippen molar-refractivity contribution in [3.05, 3.63) is 53.6 Å². The van der Waals surface area contributed by atoms with Crippen LogP contribution in [0.4, 0.5) is 0 Å². The van der Waals surface area contributed by atoms with Crippen molar-refractivity contribution in [1.82, 2.24) is 10.6 Å². The molecule has 0 aliphatic carbocycles. The minimum Gasteiger partial charge on any atom is -0.508 e. The second kappa shape index (κ2) is 10.3. The molecule has 2 aromatic carbocycles. The molecule has 166 valence electrons. The summed E-state index contributed by atoms with van der Waals surface area (Å²) in [6, 6.07) is 7.20. The van der Waals surface area contributed by atoms with Gasteiger partial charge >= 0.3 is 0 Å². The number of nitrogens with two attached hydrogens (primary N) is 2. The third-order valence-electron chi connectivity index (χ3n) is 4.62. The van der Waals surface area contributed by atoms with Crippen LogP contribution < -0.4 is 22.1 Å². The molecule has 0 saturated carbocycles. The first-order valence-corrected chi connectivity index (χ1v) is 9.51. The zero-order chi connectivity index (χ0) is 23.1. The zero-order valence-corrected chi connectivity index (χ0v) is 16.9. The number of benzene rings is 2. The number of carbonyl (C=O) groups excluding carboxylic acids is 3. The maximum absolute atomic E-state index is 12.4. The number of rotatable bonds is 9. The molecule has 0 aliphatic heterocycles. The maximum atomic E-state index is 12.4. The monoisotopic (exact) mass is 430 g/mol. The van der Waals surface area contributed by atoms with Crippen LogP contribution in [0.25, 0.3) is 0 Å². The molecule has 9 N–H and O–H groups in total. The number of phenols is 3. The molecule has 0 heterocycles. The smallest absolute Gasteiger partial charge is 0.242 e. The van der Waals surface area contributed by atoms with Crippen molar-refractivity contribution in [2.24, 2.45) is 11.5 Å². The van der Waals surface area contributed by atoms with Crippen molar-refractivity contribution in [2.45, 2.75) is 37.9 Å². The average Bonchev–Trinajstić information content (AvgIpc) is 2.71. The molecule has 3 atom stereocenters. The van der Waals surface area contributed by atoms with Crippen LogP contribution in [0.1, 0.15) is 18.1 Å². The van der Waals surface area contributed by atoms with Gasteiger partial charge in [-0.2, -0.15) is 0 Å². The molecule has 10 heteroatoms. The average molecular weight is 430 g/mol. The SMILES string of the molecule is C[C@@H](NC(=O)C(N)Cc1ccc(O)cc1)C(=O)NC(Cc1ccc(O)c(O)c1)C(N)=O. The van der Waals surface area contributed by atoms with E-state index in [9.17, 15) is 29.7 Å².